The monoisotopic (exact) mass is 286 g/mol. The number of carbonyl (C=O) groups is 1. The van der Waals surface area contributed by atoms with Crippen molar-refractivity contribution in [1.82, 2.24) is 9.78 Å². The molecule has 0 unspecified atom stereocenters. The number of hydrogen-bond donors (Lipinski definition) is 0. The normalized spacial score (nSPS) is 10.7. The zero-order valence-electron chi connectivity index (χ0n) is 10.0. The van der Waals surface area contributed by atoms with Crippen LogP contribution in [0.25, 0.3) is 0 Å². The molecule has 4 heteroatoms. The summed E-state index contributed by atoms with van der Waals surface area (Å²) in [6.45, 7) is 4.90. The fraction of sp³-hybridized carbons (Fsp3) is 0.667. The van der Waals surface area contributed by atoms with E-state index in [1.54, 1.807) is 10.9 Å². The predicted molar refractivity (Wildman–Crippen MR) is 68.7 cm³/mol. The molecule has 16 heavy (non-hydrogen) atoms. The molecule has 0 amide bonds. The third-order valence-electron chi connectivity index (χ3n) is 2.62. The molecule has 0 spiro atoms. The van der Waals surface area contributed by atoms with Crippen LogP contribution in [0, 0.1) is 0 Å². The largest absolute Gasteiger partial charge is 0.292 e. The van der Waals surface area contributed by atoms with Crippen molar-refractivity contribution in [1.29, 1.82) is 0 Å². The number of unbranched alkanes of at least 4 members (excludes halogenated alkanes) is 3. The molecular formula is C12H19BrN2O. The van der Waals surface area contributed by atoms with E-state index in [4.69, 9.17) is 0 Å². The van der Waals surface area contributed by atoms with E-state index in [-0.39, 0.29) is 5.78 Å². The highest BCUT2D eigenvalue weighted by Gasteiger charge is 2.15. The molecule has 1 heterocycles. The Kier molecular flexibility index (Phi) is 5.74. The van der Waals surface area contributed by atoms with Crippen LogP contribution in [-0.4, -0.2) is 15.6 Å². The van der Waals surface area contributed by atoms with E-state index in [0.29, 0.717) is 6.42 Å². The summed E-state index contributed by atoms with van der Waals surface area (Å²) in [6, 6.07) is 0. The van der Waals surface area contributed by atoms with Crippen molar-refractivity contribution >= 4 is 21.7 Å². The molecule has 90 valence electrons. The first-order valence-corrected chi connectivity index (χ1v) is 6.74. The number of carbonyl (C=O) groups excluding carboxylic acids is 1. The summed E-state index contributed by atoms with van der Waals surface area (Å²) in [7, 11) is 0. The number of rotatable bonds is 7. The van der Waals surface area contributed by atoms with Crippen molar-refractivity contribution in [2.45, 2.75) is 52.5 Å². The summed E-state index contributed by atoms with van der Waals surface area (Å²) < 4.78 is 2.57. The lowest BCUT2D eigenvalue weighted by Gasteiger charge is -2.04. The number of nitrogens with zero attached hydrogens (tertiary/aromatic N) is 2. The van der Waals surface area contributed by atoms with E-state index in [1.807, 2.05) is 6.92 Å². The van der Waals surface area contributed by atoms with Gasteiger partial charge in [-0.2, -0.15) is 5.10 Å². The third kappa shape index (κ3) is 3.44. The van der Waals surface area contributed by atoms with Crippen LogP contribution >= 0.6 is 15.9 Å². The van der Waals surface area contributed by atoms with Gasteiger partial charge in [0, 0.05) is 13.0 Å². The van der Waals surface area contributed by atoms with E-state index in [9.17, 15) is 4.79 Å². The number of ketones is 1. The van der Waals surface area contributed by atoms with Crippen LogP contribution in [-0.2, 0) is 6.54 Å². The lowest BCUT2D eigenvalue weighted by atomic mass is 10.1. The quantitative estimate of drug-likeness (QED) is 0.564. The molecule has 0 aliphatic rings. The van der Waals surface area contributed by atoms with Crippen LogP contribution in [0.15, 0.2) is 10.7 Å². The highest BCUT2D eigenvalue weighted by atomic mass is 79.9. The molecule has 0 saturated carbocycles. The molecular weight excluding hydrogens is 268 g/mol. The van der Waals surface area contributed by atoms with Gasteiger partial charge < -0.3 is 0 Å². The fourth-order valence-corrected chi connectivity index (χ4v) is 2.23. The molecule has 1 aromatic heterocycles. The molecule has 0 aromatic carbocycles. The zero-order chi connectivity index (χ0) is 12.0. The predicted octanol–water partition coefficient (Wildman–Crippen LogP) is 3.82. The minimum Gasteiger partial charge on any atom is -0.292 e. The van der Waals surface area contributed by atoms with Crippen molar-refractivity contribution in [2.75, 3.05) is 0 Å². The van der Waals surface area contributed by atoms with Gasteiger partial charge in [-0.3, -0.25) is 9.48 Å². The first kappa shape index (κ1) is 13.4. The van der Waals surface area contributed by atoms with E-state index in [1.165, 1.54) is 12.8 Å². The van der Waals surface area contributed by atoms with Gasteiger partial charge in [-0.15, -0.1) is 0 Å². The SMILES string of the molecule is CCCCCCC(=O)c1c(Br)cnn1CC. The minimum atomic E-state index is 0.197. The van der Waals surface area contributed by atoms with Gasteiger partial charge in [0.1, 0.15) is 5.69 Å². The number of aromatic nitrogens is 2. The summed E-state index contributed by atoms with van der Waals surface area (Å²) in [4.78, 5) is 12.0. The van der Waals surface area contributed by atoms with Crippen molar-refractivity contribution in [3.05, 3.63) is 16.4 Å². The molecule has 3 nitrogen and oxygen atoms in total. The van der Waals surface area contributed by atoms with Crippen molar-refractivity contribution < 1.29 is 4.79 Å². The minimum absolute atomic E-state index is 0.197. The van der Waals surface area contributed by atoms with Crippen molar-refractivity contribution in [3.63, 3.8) is 0 Å². The highest BCUT2D eigenvalue weighted by Crippen LogP contribution is 2.19. The first-order chi connectivity index (χ1) is 7.70. The Bertz CT molecular complexity index is 347. The Morgan fingerprint density at radius 3 is 2.75 bits per heavy atom. The molecule has 0 aliphatic carbocycles. The Morgan fingerprint density at radius 1 is 1.38 bits per heavy atom. The van der Waals surface area contributed by atoms with Crippen LogP contribution in [0.3, 0.4) is 0 Å². The summed E-state index contributed by atoms with van der Waals surface area (Å²) in [5, 5.41) is 4.15. The van der Waals surface area contributed by atoms with Gasteiger partial charge in [-0.1, -0.05) is 26.2 Å². The molecule has 0 aliphatic heterocycles. The summed E-state index contributed by atoms with van der Waals surface area (Å²) in [5.41, 5.74) is 0.721. The van der Waals surface area contributed by atoms with Crippen molar-refractivity contribution in [2.24, 2.45) is 0 Å². The van der Waals surface area contributed by atoms with E-state index in [2.05, 4.69) is 28.0 Å². The molecule has 0 atom stereocenters. The standard InChI is InChI=1S/C12H19BrN2O/c1-3-5-6-7-8-11(16)12-10(13)9-14-15(12)4-2/h9H,3-8H2,1-2H3. The van der Waals surface area contributed by atoms with Gasteiger partial charge in [0.2, 0.25) is 0 Å². The van der Waals surface area contributed by atoms with Gasteiger partial charge in [0.25, 0.3) is 0 Å². The first-order valence-electron chi connectivity index (χ1n) is 5.95. The van der Waals surface area contributed by atoms with Crippen LogP contribution < -0.4 is 0 Å². The average Bonchev–Trinajstić information content (AvgIpc) is 2.65. The van der Waals surface area contributed by atoms with Gasteiger partial charge in [-0.25, -0.2) is 0 Å². The zero-order valence-corrected chi connectivity index (χ0v) is 11.6. The second-order valence-corrected chi connectivity index (χ2v) is 4.75. The summed E-state index contributed by atoms with van der Waals surface area (Å²) in [5.74, 6) is 0.197. The smallest absolute Gasteiger partial charge is 0.182 e. The molecule has 0 bridgehead atoms. The van der Waals surface area contributed by atoms with Gasteiger partial charge >= 0.3 is 0 Å². The second kappa shape index (κ2) is 6.84. The molecule has 0 fully saturated rings. The molecule has 1 aromatic rings. The maximum Gasteiger partial charge on any atom is 0.182 e. The Labute approximate surface area is 105 Å². The Balaban J connectivity index is 2.55. The number of aryl methyl sites for hydroxylation is 1. The maximum atomic E-state index is 12.0. The van der Waals surface area contributed by atoms with E-state index < -0.39 is 0 Å². The molecule has 0 N–H and O–H groups in total. The van der Waals surface area contributed by atoms with Crippen LogP contribution in [0.1, 0.15) is 56.4 Å². The van der Waals surface area contributed by atoms with Gasteiger partial charge in [0.15, 0.2) is 5.78 Å². The Morgan fingerprint density at radius 2 is 2.12 bits per heavy atom. The van der Waals surface area contributed by atoms with E-state index in [0.717, 1.165) is 29.6 Å². The lowest BCUT2D eigenvalue weighted by molar-refractivity contribution is 0.0968. The van der Waals surface area contributed by atoms with Crippen molar-refractivity contribution in [3.8, 4) is 0 Å². The number of hydrogen-bond acceptors (Lipinski definition) is 2. The highest BCUT2D eigenvalue weighted by molar-refractivity contribution is 9.10. The fourth-order valence-electron chi connectivity index (χ4n) is 1.71. The number of Topliss-reactive ketones (excluding diaryl/α,β-unsaturated/α-hetero) is 1. The van der Waals surface area contributed by atoms with Gasteiger partial charge in [-0.05, 0) is 29.3 Å². The maximum absolute atomic E-state index is 12.0. The third-order valence-corrected chi connectivity index (χ3v) is 3.20. The van der Waals surface area contributed by atoms with Crippen LogP contribution in [0.2, 0.25) is 0 Å². The van der Waals surface area contributed by atoms with Crippen LogP contribution in [0.5, 0.6) is 0 Å². The average molecular weight is 287 g/mol. The molecule has 0 radical (unpaired) electrons. The summed E-state index contributed by atoms with van der Waals surface area (Å²) in [6.07, 6.45) is 6.85. The lowest BCUT2D eigenvalue weighted by Crippen LogP contribution is -2.09. The Hall–Kier alpha value is -0.640. The number of halogens is 1. The van der Waals surface area contributed by atoms with E-state index >= 15 is 0 Å². The summed E-state index contributed by atoms with van der Waals surface area (Å²) >= 11 is 3.38. The second-order valence-electron chi connectivity index (χ2n) is 3.89. The molecule has 1 rings (SSSR count). The molecule has 0 saturated heterocycles. The topological polar surface area (TPSA) is 34.9 Å². The van der Waals surface area contributed by atoms with Crippen LogP contribution in [0.4, 0.5) is 0 Å². The van der Waals surface area contributed by atoms with Gasteiger partial charge in [0.05, 0.1) is 10.7 Å².